The molecule has 1 rings (SSSR count). The van der Waals surface area contributed by atoms with Crippen LogP contribution in [0.4, 0.5) is 0 Å². The summed E-state index contributed by atoms with van der Waals surface area (Å²) in [6.07, 6.45) is 6.15. The molecule has 46 valence electrons. The highest BCUT2D eigenvalue weighted by atomic mass is 32.1. The van der Waals surface area contributed by atoms with E-state index in [-0.39, 0.29) is 0 Å². The molecule has 1 aromatic rings. The Bertz CT molecular complexity index is 231. The van der Waals surface area contributed by atoms with Crippen LogP contribution >= 0.6 is 11.5 Å². The third kappa shape index (κ3) is 1.11. The predicted octanol–water partition coefficient (Wildman–Crippen LogP) is 1.69. The van der Waals surface area contributed by atoms with E-state index in [1.54, 1.807) is 0 Å². The molecular formula is C7H7NS. The molecule has 2 heteroatoms. The Kier molecular flexibility index (Phi) is 1.86. The smallest absolute Gasteiger partial charge is 0.129 e. The topological polar surface area (TPSA) is 12.9 Å². The second kappa shape index (κ2) is 2.65. The second-order valence-corrected chi connectivity index (χ2v) is 2.32. The molecule has 0 fully saturated rings. The molecule has 0 aliphatic heterocycles. The van der Waals surface area contributed by atoms with Crippen LogP contribution in [0.25, 0.3) is 0 Å². The fraction of sp³-hybridized carbons (Fsp3) is 0.286. The highest BCUT2D eigenvalue weighted by Gasteiger charge is 1.97. The lowest BCUT2D eigenvalue weighted by molar-refractivity contribution is 1.13. The van der Waals surface area contributed by atoms with Crippen molar-refractivity contribution in [3.63, 3.8) is 0 Å². The van der Waals surface area contributed by atoms with Crippen molar-refractivity contribution in [3.8, 4) is 12.3 Å². The second-order valence-electron chi connectivity index (χ2n) is 1.69. The van der Waals surface area contributed by atoms with E-state index in [4.69, 9.17) is 6.42 Å². The highest BCUT2D eigenvalue weighted by Crippen LogP contribution is 2.08. The molecule has 0 spiro atoms. The molecule has 0 amide bonds. The summed E-state index contributed by atoms with van der Waals surface area (Å²) in [6, 6.07) is 0. The zero-order valence-electron chi connectivity index (χ0n) is 5.22. The van der Waals surface area contributed by atoms with E-state index >= 15 is 0 Å². The van der Waals surface area contributed by atoms with Crippen molar-refractivity contribution in [1.29, 1.82) is 0 Å². The van der Waals surface area contributed by atoms with Gasteiger partial charge in [-0.05, 0) is 29.4 Å². The standard InChI is InChI=1S/C7H7NS/c1-3-6-5-9-8-7(6)4-2/h2,5H,3H2,1H3. The molecule has 0 bridgehead atoms. The van der Waals surface area contributed by atoms with E-state index in [9.17, 15) is 0 Å². The van der Waals surface area contributed by atoms with Crippen molar-refractivity contribution >= 4 is 11.5 Å². The number of hydrogen-bond acceptors (Lipinski definition) is 2. The molecule has 0 radical (unpaired) electrons. The molecule has 0 atom stereocenters. The monoisotopic (exact) mass is 137 g/mol. The van der Waals surface area contributed by atoms with Gasteiger partial charge < -0.3 is 0 Å². The Morgan fingerprint density at radius 2 is 2.67 bits per heavy atom. The first kappa shape index (κ1) is 6.31. The molecule has 9 heavy (non-hydrogen) atoms. The molecule has 0 N–H and O–H groups in total. The molecular weight excluding hydrogens is 130 g/mol. The van der Waals surface area contributed by atoms with Crippen molar-refractivity contribution in [2.75, 3.05) is 0 Å². The maximum atomic E-state index is 5.16. The number of aryl methyl sites for hydroxylation is 1. The number of aromatic nitrogens is 1. The zero-order chi connectivity index (χ0) is 6.69. The Labute approximate surface area is 58.9 Å². The van der Waals surface area contributed by atoms with Crippen LogP contribution in [0.5, 0.6) is 0 Å². The minimum absolute atomic E-state index is 0.808. The summed E-state index contributed by atoms with van der Waals surface area (Å²) in [4.78, 5) is 0. The van der Waals surface area contributed by atoms with E-state index in [2.05, 4.69) is 17.2 Å². The Balaban J connectivity index is 3.02. The van der Waals surface area contributed by atoms with Gasteiger partial charge in [-0.3, -0.25) is 0 Å². The van der Waals surface area contributed by atoms with Crippen molar-refractivity contribution in [3.05, 3.63) is 16.6 Å². The largest absolute Gasteiger partial charge is 0.184 e. The maximum Gasteiger partial charge on any atom is 0.129 e. The average Bonchev–Trinajstić information content (AvgIpc) is 2.33. The lowest BCUT2D eigenvalue weighted by atomic mass is 10.2. The van der Waals surface area contributed by atoms with Gasteiger partial charge >= 0.3 is 0 Å². The van der Waals surface area contributed by atoms with Gasteiger partial charge in [-0.25, -0.2) is 0 Å². The normalized spacial score (nSPS) is 8.89. The fourth-order valence-electron chi connectivity index (χ4n) is 0.627. The Morgan fingerprint density at radius 1 is 1.89 bits per heavy atom. The van der Waals surface area contributed by atoms with Gasteiger partial charge in [0, 0.05) is 5.38 Å². The molecule has 0 aliphatic carbocycles. The molecule has 0 unspecified atom stereocenters. The van der Waals surface area contributed by atoms with Crippen LogP contribution in [0.2, 0.25) is 0 Å². The van der Waals surface area contributed by atoms with E-state index in [1.165, 1.54) is 17.1 Å². The van der Waals surface area contributed by atoms with Crippen LogP contribution in [-0.2, 0) is 6.42 Å². The van der Waals surface area contributed by atoms with Crippen LogP contribution in [0, 0.1) is 12.3 Å². The van der Waals surface area contributed by atoms with E-state index in [0.29, 0.717) is 0 Å². The molecule has 1 heterocycles. The van der Waals surface area contributed by atoms with Crippen molar-refractivity contribution in [2.24, 2.45) is 0 Å². The van der Waals surface area contributed by atoms with Gasteiger partial charge in [0.05, 0.1) is 0 Å². The third-order valence-corrected chi connectivity index (χ3v) is 1.84. The summed E-state index contributed by atoms with van der Waals surface area (Å²) in [6.45, 7) is 2.07. The quantitative estimate of drug-likeness (QED) is 0.537. The Morgan fingerprint density at radius 3 is 3.11 bits per heavy atom. The first-order valence-electron chi connectivity index (χ1n) is 2.78. The summed E-state index contributed by atoms with van der Waals surface area (Å²) >= 11 is 1.42. The summed E-state index contributed by atoms with van der Waals surface area (Å²) < 4.78 is 4.01. The van der Waals surface area contributed by atoms with Gasteiger partial charge in [-0.15, -0.1) is 6.42 Å². The van der Waals surface area contributed by atoms with E-state index in [0.717, 1.165) is 12.1 Å². The zero-order valence-corrected chi connectivity index (χ0v) is 6.03. The summed E-state index contributed by atoms with van der Waals surface area (Å²) in [5.74, 6) is 2.53. The van der Waals surface area contributed by atoms with Crippen LogP contribution in [-0.4, -0.2) is 4.37 Å². The van der Waals surface area contributed by atoms with Crippen molar-refractivity contribution < 1.29 is 0 Å². The molecule has 0 saturated heterocycles. The van der Waals surface area contributed by atoms with Gasteiger partial charge in [0.25, 0.3) is 0 Å². The summed E-state index contributed by atoms with van der Waals surface area (Å²) in [5, 5.41) is 2.00. The van der Waals surface area contributed by atoms with Gasteiger partial charge in [0.2, 0.25) is 0 Å². The fourth-order valence-corrected chi connectivity index (χ4v) is 1.36. The summed E-state index contributed by atoms with van der Waals surface area (Å²) in [7, 11) is 0. The maximum absolute atomic E-state index is 5.16. The molecule has 1 aromatic heterocycles. The molecule has 0 saturated carbocycles. The minimum Gasteiger partial charge on any atom is -0.184 e. The number of hydrogen-bond donors (Lipinski definition) is 0. The van der Waals surface area contributed by atoms with Gasteiger partial charge in [0.1, 0.15) is 5.69 Å². The van der Waals surface area contributed by atoms with Gasteiger partial charge in [-0.1, -0.05) is 6.92 Å². The van der Waals surface area contributed by atoms with Gasteiger partial charge in [-0.2, -0.15) is 4.37 Å². The number of nitrogens with zero attached hydrogens (tertiary/aromatic N) is 1. The first-order valence-corrected chi connectivity index (χ1v) is 3.62. The van der Waals surface area contributed by atoms with Crippen molar-refractivity contribution in [1.82, 2.24) is 4.37 Å². The van der Waals surface area contributed by atoms with E-state index in [1.807, 2.05) is 5.38 Å². The molecule has 0 aliphatic rings. The van der Waals surface area contributed by atoms with Crippen LogP contribution in [0.15, 0.2) is 5.38 Å². The third-order valence-electron chi connectivity index (χ3n) is 1.16. The van der Waals surface area contributed by atoms with Crippen LogP contribution in [0.3, 0.4) is 0 Å². The lowest BCUT2D eigenvalue weighted by Gasteiger charge is -1.85. The Hall–Kier alpha value is -0.810. The van der Waals surface area contributed by atoms with Crippen LogP contribution < -0.4 is 0 Å². The predicted molar refractivity (Wildman–Crippen MR) is 39.4 cm³/mol. The lowest BCUT2D eigenvalue weighted by Crippen LogP contribution is -1.80. The van der Waals surface area contributed by atoms with E-state index < -0.39 is 0 Å². The van der Waals surface area contributed by atoms with Crippen LogP contribution in [0.1, 0.15) is 18.2 Å². The minimum atomic E-state index is 0.808. The van der Waals surface area contributed by atoms with Gasteiger partial charge in [0.15, 0.2) is 0 Å². The first-order chi connectivity index (χ1) is 4.38. The summed E-state index contributed by atoms with van der Waals surface area (Å²) in [5.41, 5.74) is 1.99. The highest BCUT2D eigenvalue weighted by molar-refractivity contribution is 7.03. The molecule has 0 aromatic carbocycles. The number of rotatable bonds is 1. The van der Waals surface area contributed by atoms with Crippen molar-refractivity contribution in [2.45, 2.75) is 13.3 Å². The number of terminal acetylenes is 1. The molecule has 1 nitrogen and oxygen atoms in total. The SMILES string of the molecule is C#Cc1nscc1CC. The average molecular weight is 137 g/mol.